The zero-order valence-electron chi connectivity index (χ0n) is 10.0. The average molecular weight is 300 g/mol. The van der Waals surface area contributed by atoms with Crippen molar-refractivity contribution in [3.63, 3.8) is 0 Å². The molecule has 3 rings (SSSR count). The summed E-state index contributed by atoms with van der Waals surface area (Å²) in [5.41, 5.74) is 3.26. The number of imidazole rings is 1. The zero-order chi connectivity index (χ0) is 12.5. The third-order valence-corrected chi connectivity index (χ3v) is 3.44. The van der Waals surface area contributed by atoms with Gasteiger partial charge in [0.15, 0.2) is 0 Å². The molecule has 3 heteroatoms. The smallest absolute Gasteiger partial charge is 0.114 e. The molecule has 1 radical (unpaired) electrons. The Morgan fingerprint density at radius 1 is 1.33 bits per heavy atom. The Bertz CT molecular complexity index is 686. The van der Waals surface area contributed by atoms with Crippen LogP contribution in [0.2, 0.25) is 0 Å². The number of aromatic nitrogens is 2. The summed E-state index contributed by atoms with van der Waals surface area (Å²) in [7, 11) is 0. The minimum atomic E-state index is 0.904. The third-order valence-electron chi connectivity index (χ3n) is 2.95. The molecule has 0 bridgehead atoms. The summed E-state index contributed by atoms with van der Waals surface area (Å²) < 4.78 is 3.25. The van der Waals surface area contributed by atoms with Crippen LogP contribution in [0.15, 0.2) is 46.9 Å². The fourth-order valence-electron chi connectivity index (χ4n) is 2.15. The van der Waals surface area contributed by atoms with Crippen LogP contribution in [0.5, 0.6) is 0 Å². The Hall–Kier alpha value is -1.61. The quantitative estimate of drug-likeness (QED) is 0.695. The molecule has 1 heterocycles. The molecule has 0 aliphatic rings. The molecule has 89 valence electrons. The zero-order valence-corrected chi connectivity index (χ0v) is 11.6. The molecule has 2 nitrogen and oxygen atoms in total. The summed E-state index contributed by atoms with van der Waals surface area (Å²) in [5.74, 6) is 1.07. The largest absolute Gasteiger partial charge is 0.296 e. The summed E-state index contributed by atoms with van der Waals surface area (Å²) in [4.78, 5) is 4.69. The predicted molar refractivity (Wildman–Crippen MR) is 77.0 cm³/mol. The number of nitrogens with zero attached hydrogens (tertiary/aromatic N) is 2. The van der Waals surface area contributed by atoms with Crippen molar-refractivity contribution in [3.05, 3.63) is 58.8 Å². The summed E-state index contributed by atoms with van der Waals surface area (Å²) in [6.45, 7) is 2.12. The molecule has 0 N–H and O–H groups in total. The van der Waals surface area contributed by atoms with E-state index in [-0.39, 0.29) is 0 Å². The molecule has 0 atom stereocenters. The lowest BCUT2D eigenvalue weighted by atomic mass is 10.2. The Morgan fingerprint density at radius 3 is 2.94 bits per heavy atom. The van der Waals surface area contributed by atoms with Gasteiger partial charge in [0.2, 0.25) is 0 Å². The van der Waals surface area contributed by atoms with Gasteiger partial charge in [0.05, 0.1) is 11.0 Å². The van der Waals surface area contributed by atoms with Crippen molar-refractivity contribution in [3.8, 4) is 5.69 Å². The predicted octanol–water partition coefficient (Wildman–Crippen LogP) is 4.15. The molecule has 2 aromatic carbocycles. The number of rotatable bonds is 2. The first kappa shape index (κ1) is 11.5. The molecule has 0 amide bonds. The van der Waals surface area contributed by atoms with E-state index in [0.717, 1.165) is 33.4 Å². The van der Waals surface area contributed by atoms with Gasteiger partial charge < -0.3 is 0 Å². The normalized spacial score (nSPS) is 11.0. The van der Waals surface area contributed by atoms with Crippen LogP contribution in [0.3, 0.4) is 0 Å². The first-order valence-corrected chi connectivity index (χ1v) is 6.72. The summed E-state index contributed by atoms with van der Waals surface area (Å²) >= 11 is 3.49. The summed E-state index contributed by atoms with van der Waals surface area (Å²) in [6, 6.07) is 17.3. The van der Waals surface area contributed by atoms with Gasteiger partial charge in [0.25, 0.3) is 0 Å². The second-order valence-corrected chi connectivity index (χ2v) is 5.03. The molecule has 0 fully saturated rings. The maximum atomic E-state index is 4.69. The van der Waals surface area contributed by atoms with Gasteiger partial charge in [0, 0.05) is 16.6 Å². The fraction of sp³-hybridized carbons (Fsp3) is 0.133. The number of halogens is 1. The van der Waals surface area contributed by atoms with Crippen molar-refractivity contribution >= 4 is 27.0 Å². The minimum Gasteiger partial charge on any atom is -0.296 e. The number of aryl methyl sites for hydroxylation is 1. The van der Waals surface area contributed by atoms with Crippen LogP contribution in [-0.4, -0.2) is 9.55 Å². The van der Waals surface area contributed by atoms with Crippen LogP contribution in [0.4, 0.5) is 0 Å². The molecule has 18 heavy (non-hydrogen) atoms. The van der Waals surface area contributed by atoms with E-state index in [4.69, 9.17) is 0 Å². The molecule has 0 saturated carbocycles. The van der Waals surface area contributed by atoms with E-state index in [2.05, 4.69) is 56.7 Å². The molecular weight excluding hydrogens is 288 g/mol. The van der Waals surface area contributed by atoms with Gasteiger partial charge in [-0.2, -0.15) is 0 Å². The number of fused-ring (bicyclic) bond motifs is 1. The molecule has 0 aliphatic carbocycles. The minimum absolute atomic E-state index is 0.904. The Morgan fingerprint density at radius 2 is 2.22 bits per heavy atom. The standard InChI is InChI=1S/C15H12BrN2/c1-2-15-17-13-10-11(16)8-9-14(13)18(15)12-6-4-3-5-7-12/h3-4,6-10H,2H2,1H3. The first-order valence-electron chi connectivity index (χ1n) is 5.93. The summed E-state index contributed by atoms with van der Waals surface area (Å²) in [6.07, 6.45) is 0.904. The topological polar surface area (TPSA) is 17.8 Å². The Balaban J connectivity index is 2.33. The van der Waals surface area contributed by atoms with Crippen LogP contribution in [0, 0.1) is 6.07 Å². The van der Waals surface area contributed by atoms with Gasteiger partial charge in [-0.05, 0) is 36.4 Å². The van der Waals surface area contributed by atoms with Crippen molar-refractivity contribution in [2.45, 2.75) is 13.3 Å². The SMILES string of the molecule is CCc1nc2cc(Br)ccc2n1-c1c[c]ccc1. The lowest BCUT2D eigenvalue weighted by Gasteiger charge is -2.07. The number of hydrogen-bond donors (Lipinski definition) is 0. The summed E-state index contributed by atoms with van der Waals surface area (Å²) in [5, 5.41) is 0. The van der Waals surface area contributed by atoms with Gasteiger partial charge in [-0.25, -0.2) is 4.98 Å². The molecule has 0 spiro atoms. The molecule has 1 aromatic heterocycles. The third kappa shape index (κ3) is 1.85. The van der Waals surface area contributed by atoms with Crippen molar-refractivity contribution in [1.82, 2.24) is 9.55 Å². The Kier molecular flexibility index (Phi) is 2.92. The molecule has 0 unspecified atom stereocenters. The van der Waals surface area contributed by atoms with E-state index in [1.54, 1.807) is 0 Å². The van der Waals surface area contributed by atoms with Crippen LogP contribution in [0.25, 0.3) is 16.7 Å². The average Bonchev–Trinajstić information content (AvgIpc) is 2.77. The second kappa shape index (κ2) is 4.58. The van der Waals surface area contributed by atoms with E-state index >= 15 is 0 Å². The van der Waals surface area contributed by atoms with Crippen molar-refractivity contribution < 1.29 is 0 Å². The van der Waals surface area contributed by atoms with E-state index in [1.165, 1.54) is 0 Å². The first-order chi connectivity index (χ1) is 8.79. The second-order valence-electron chi connectivity index (χ2n) is 4.11. The highest BCUT2D eigenvalue weighted by Crippen LogP contribution is 2.24. The molecule has 0 saturated heterocycles. The lowest BCUT2D eigenvalue weighted by molar-refractivity contribution is 0.908. The van der Waals surface area contributed by atoms with Gasteiger partial charge in [0.1, 0.15) is 5.82 Å². The monoisotopic (exact) mass is 299 g/mol. The van der Waals surface area contributed by atoms with Gasteiger partial charge in [-0.3, -0.25) is 4.57 Å². The highest BCUT2D eigenvalue weighted by Gasteiger charge is 2.10. The van der Waals surface area contributed by atoms with Gasteiger partial charge in [-0.15, -0.1) is 0 Å². The molecule has 0 aliphatic heterocycles. The van der Waals surface area contributed by atoms with Crippen molar-refractivity contribution in [2.75, 3.05) is 0 Å². The fourth-order valence-corrected chi connectivity index (χ4v) is 2.50. The van der Waals surface area contributed by atoms with E-state index in [9.17, 15) is 0 Å². The molecular formula is C15H12BrN2. The van der Waals surface area contributed by atoms with Crippen molar-refractivity contribution in [1.29, 1.82) is 0 Å². The van der Waals surface area contributed by atoms with Gasteiger partial charge in [-0.1, -0.05) is 35.0 Å². The van der Waals surface area contributed by atoms with E-state index in [1.807, 2.05) is 24.3 Å². The van der Waals surface area contributed by atoms with E-state index in [0.29, 0.717) is 0 Å². The van der Waals surface area contributed by atoms with E-state index < -0.39 is 0 Å². The van der Waals surface area contributed by atoms with Crippen LogP contribution >= 0.6 is 15.9 Å². The number of benzene rings is 2. The van der Waals surface area contributed by atoms with Crippen LogP contribution < -0.4 is 0 Å². The molecule has 3 aromatic rings. The van der Waals surface area contributed by atoms with Crippen molar-refractivity contribution in [2.24, 2.45) is 0 Å². The van der Waals surface area contributed by atoms with Crippen LogP contribution in [0.1, 0.15) is 12.7 Å². The lowest BCUT2D eigenvalue weighted by Crippen LogP contribution is -1.99. The van der Waals surface area contributed by atoms with Gasteiger partial charge >= 0.3 is 0 Å². The highest BCUT2D eigenvalue weighted by atomic mass is 79.9. The Labute approximate surface area is 114 Å². The maximum Gasteiger partial charge on any atom is 0.114 e. The maximum absolute atomic E-state index is 4.69. The number of hydrogen-bond acceptors (Lipinski definition) is 1. The van der Waals surface area contributed by atoms with Crippen LogP contribution in [-0.2, 0) is 6.42 Å². The highest BCUT2D eigenvalue weighted by molar-refractivity contribution is 9.10.